The van der Waals surface area contributed by atoms with Gasteiger partial charge in [0.05, 0.1) is 0 Å². The van der Waals surface area contributed by atoms with Crippen LogP contribution in [0.2, 0.25) is 0 Å². The van der Waals surface area contributed by atoms with Crippen LogP contribution in [0.5, 0.6) is 0 Å². The van der Waals surface area contributed by atoms with Gasteiger partial charge in [0.15, 0.2) is 6.61 Å². The Bertz CT molecular complexity index is 230. The normalized spacial score (nSPS) is 8.46. The van der Waals surface area contributed by atoms with Crippen LogP contribution in [0.4, 0.5) is 0 Å². The third-order valence-electron chi connectivity index (χ3n) is 1.40. The fraction of sp³-hybridized carbons (Fsp3) is 0.545. The van der Waals surface area contributed by atoms with Crippen molar-refractivity contribution in [1.82, 2.24) is 0 Å². The predicted octanol–water partition coefficient (Wildman–Crippen LogP) is 2.30. The van der Waals surface area contributed by atoms with Crippen molar-refractivity contribution in [3.8, 4) is 11.8 Å². The molecule has 0 amide bonds. The van der Waals surface area contributed by atoms with Crippen molar-refractivity contribution >= 4 is 5.97 Å². The second-order valence-corrected chi connectivity index (χ2v) is 2.81. The van der Waals surface area contributed by atoms with Gasteiger partial charge in [0.1, 0.15) is 0 Å². The van der Waals surface area contributed by atoms with Crippen LogP contribution in [0, 0.1) is 11.8 Å². The van der Waals surface area contributed by atoms with Crippen LogP contribution in [0.3, 0.4) is 0 Å². The van der Waals surface area contributed by atoms with Gasteiger partial charge in [0, 0.05) is 12.0 Å². The summed E-state index contributed by atoms with van der Waals surface area (Å²) < 4.78 is 4.77. The number of rotatable bonds is 4. The molecule has 2 nitrogen and oxygen atoms in total. The number of hydrogen-bond acceptors (Lipinski definition) is 2. The molecule has 2 heteroatoms. The number of unbranched alkanes of at least 4 members (excludes halogenated alkanes) is 2. The molecule has 0 rings (SSSR count). The fourth-order valence-corrected chi connectivity index (χ4v) is 0.629. The minimum absolute atomic E-state index is 0.176. The molecule has 0 bridgehead atoms. The van der Waals surface area contributed by atoms with E-state index in [1.807, 2.05) is 0 Å². The zero-order valence-corrected chi connectivity index (χ0v) is 8.35. The third-order valence-corrected chi connectivity index (χ3v) is 1.40. The lowest BCUT2D eigenvalue weighted by atomic mass is 10.2. The SMILES string of the molecule is C=C(C)C(=O)OCC#CCCCC. The van der Waals surface area contributed by atoms with Crippen LogP contribution in [0.1, 0.15) is 33.1 Å². The fourth-order valence-electron chi connectivity index (χ4n) is 0.629. The molecule has 0 unspecified atom stereocenters. The average Bonchev–Trinajstić information content (AvgIpc) is 2.10. The molecule has 0 aromatic heterocycles. The minimum atomic E-state index is -0.371. The van der Waals surface area contributed by atoms with E-state index in [2.05, 4.69) is 25.3 Å². The van der Waals surface area contributed by atoms with Crippen molar-refractivity contribution in [3.05, 3.63) is 12.2 Å². The first-order valence-electron chi connectivity index (χ1n) is 4.46. The van der Waals surface area contributed by atoms with Crippen LogP contribution < -0.4 is 0 Å². The highest BCUT2D eigenvalue weighted by Gasteiger charge is 1.99. The highest BCUT2D eigenvalue weighted by atomic mass is 16.5. The second kappa shape index (κ2) is 7.42. The Morgan fingerprint density at radius 3 is 2.69 bits per heavy atom. The Labute approximate surface area is 80.0 Å². The van der Waals surface area contributed by atoms with Gasteiger partial charge in [-0.2, -0.15) is 0 Å². The lowest BCUT2D eigenvalue weighted by molar-refractivity contribution is -0.137. The molecule has 0 saturated heterocycles. The zero-order valence-electron chi connectivity index (χ0n) is 8.35. The molecule has 0 aliphatic heterocycles. The summed E-state index contributed by atoms with van der Waals surface area (Å²) in [7, 11) is 0. The van der Waals surface area contributed by atoms with Gasteiger partial charge in [0.2, 0.25) is 0 Å². The van der Waals surface area contributed by atoms with Crippen molar-refractivity contribution in [3.63, 3.8) is 0 Å². The van der Waals surface area contributed by atoms with Crippen molar-refractivity contribution < 1.29 is 9.53 Å². The summed E-state index contributed by atoms with van der Waals surface area (Å²) in [5, 5.41) is 0. The van der Waals surface area contributed by atoms with Crippen molar-refractivity contribution in [2.75, 3.05) is 6.61 Å². The predicted molar refractivity (Wildman–Crippen MR) is 53.1 cm³/mol. The molecule has 0 N–H and O–H groups in total. The lowest BCUT2D eigenvalue weighted by Gasteiger charge is -1.97. The molecule has 72 valence electrons. The van der Waals surface area contributed by atoms with Gasteiger partial charge in [-0.25, -0.2) is 4.79 Å². The number of carbonyl (C=O) groups excluding carboxylic acids is 1. The molecule has 0 heterocycles. The summed E-state index contributed by atoms with van der Waals surface area (Å²) in [4.78, 5) is 10.8. The first-order valence-corrected chi connectivity index (χ1v) is 4.46. The van der Waals surface area contributed by atoms with Crippen LogP contribution in [-0.2, 0) is 9.53 Å². The summed E-state index contributed by atoms with van der Waals surface area (Å²) >= 11 is 0. The number of hydrogen-bond donors (Lipinski definition) is 0. The lowest BCUT2D eigenvalue weighted by Crippen LogP contribution is -2.04. The van der Waals surface area contributed by atoms with Crippen molar-refractivity contribution in [2.24, 2.45) is 0 Å². The maximum atomic E-state index is 10.8. The van der Waals surface area contributed by atoms with E-state index in [1.165, 1.54) is 0 Å². The smallest absolute Gasteiger partial charge is 0.334 e. The molecule has 13 heavy (non-hydrogen) atoms. The van der Waals surface area contributed by atoms with E-state index < -0.39 is 0 Å². The minimum Gasteiger partial charge on any atom is -0.449 e. The maximum Gasteiger partial charge on any atom is 0.334 e. The topological polar surface area (TPSA) is 26.3 Å². The highest BCUT2D eigenvalue weighted by molar-refractivity contribution is 5.87. The van der Waals surface area contributed by atoms with Gasteiger partial charge in [0.25, 0.3) is 0 Å². The Kier molecular flexibility index (Phi) is 6.72. The van der Waals surface area contributed by atoms with Gasteiger partial charge in [-0.3, -0.25) is 0 Å². The molecular formula is C11H16O2. The number of carbonyl (C=O) groups is 1. The van der Waals surface area contributed by atoms with Crippen LogP contribution in [0.15, 0.2) is 12.2 Å². The summed E-state index contributed by atoms with van der Waals surface area (Å²) in [6, 6.07) is 0. The summed E-state index contributed by atoms with van der Waals surface area (Å²) in [5.74, 6) is 5.32. The number of esters is 1. The van der Waals surface area contributed by atoms with E-state index in [0.717, 1.165) is 19.3 Å². The molecule has 0 aromatic rings. The second-order valence-electron chi connectivity index (χ2n) is 2.81. The quantitative estimate of drug-likeness (QED) is 0.287. The van der Waals surface area contributed by atoms with Crippen LogP contribution in [0.25, 0.3) is 0 Å². The zero-order chi connectivity index (χ0) is 10.1. The average molecular weight is 180 g/mol. The van der Waals surface area contributed by atoms with E-state index in [1.54, 1.807) is 6.92 Å². The summed E-state index contributed by atoms with van der Waals surface area (Å²) in [6.45, 7) is 7.37. The molecule has 0 atom stereocenters. The standard InChI is InChI=1S/C11H16O2/c1-4-5-6-7-8-9-13-11(12)10(2)3/h2,4-6,9H2,1,3H3. The number of ether oxygens (including phenoxy) is 1. The Morgan fingerprint density at radius 1 is 1.46 bits per heavy atom. The molecular weight excluding hydrogens is 164 g/mol. The Morgan fingerprint density at radius 2 is 2.15 bits per heavy atom. The third kappa shape index (κ3) is 7.14. The van der Waals surface area contributed by atoms with Gasteiger partial charge in [-0.15, -0.1) is 0 Å². The van der Waals surface area contributed by atoms with Gasteiger partial charge in [-0.05, 0) is 13.3 Å². The van der Waals surface area contributed by atoms with Gasteiger partial charge in [-0.1, -0.05) is 31.8 Å². The van der Waals surface area contributed by atoms with Crippen LogP contribution in [-0.4, -0.2) is 12.6 Å². The molecule has 0 radical (unpaired) electrons. The van der Waals surface area contributed by atoms with Crippen molar-refractivity contribution in [1.29, 1.82) is 0 Å². The molecule has 0 aliphatic rings. The summed E-state index contributed by atoms with van der Waals surface area (Å²) in [5.41, 5.74) is 0.412. The van der Waals surface area contributed by atoms with E-state index >= 15 is 0 Å². The van der Waals surface area contributed by atoms with Gasteiger partial charge < -0.3 is 4.74 Å². The summed E-state index contributed by atoms with van der Waals surface area (Å²) in [6.07, 6.45) is 3.11. The molecule has 0 spiro atoms. The maximum absolute atomic E-state index is 10.8. The Hall–Kier alpha value is -1.23. The monoisotopic (exact) mass is 180 g/mol. The first kappa shape index (κ1) is 11.8. The highest BCUT2D eigenvalue weighted by Crippen LogP contribution is 1.92. The molecule has 0 fully saturated rings. The molecule has 0 saturated carbocycles. The van der Waals surface area contributed by atoms with Crippen LogP contribution >= 0.6 is 0 Å². The van der Waals surface area contributed by atoms with E-state index in [-0.39, 0.29) is 12.6 Å². The van der Waals surface area contributed by atoms with E-state index in [0.29, 0.717) is 5.57 Å². The first-order chi connectivity index (χ1) is 6.18. The Balaban J connectivity index is 3.47. The van der Waals surface area contributed by atoms with E-state index in [9.17, 15) is 4.79 Å². The largest absolute Gasteiger partial charge is 0.449 e. The van der Waals surface area contributed by atoms with E-state index in [4.69, 9.17) is 4.74 Å². The van der Waals surface area contributed by atoms with Gasteiger partial charge >= 0.3 is 5.97 Å². The molecule has 0 aliphatic carbocycles. The van der Waals surface area contributed by atoms with Crippen molar-refractivity contribution in [2.45, 2.75) is 33.1 Å². The molecule has 0 aromatic carbocycles.